The fourth-order valence-corrected chi connectivity index (χ4v) is 2.12. The number of aliphatic hydroxyl groups excluding tert-OH is 1. The van der Waals surface area contributed by atoms with Crippen LogP contribution in [0.15, 0.2) is 18.2 Å². The fourth-order valence-electron chi connectivity index (χ4n) is 1.52. The van der Waals surface area contributed by atoms with Crippen LogP contribution in [-0.4, -0.2) is 39.1 Å². The molecule has 0 radical (unpaired) electrons. The molecule has 1 N–H and O–H groups in total. The van der Waals surface area contributed by atoms with Crippen LogP contribution in [0.25, 0.3) is 0 Å². The second kappa shape index (κ2) is 5.67. The van der Waals surface area contributed by atoms with E-state index in [1.54, 1.807) is 31.0 Å². The summed E-state index contributed by atoms with van der Waals surface area (Å²) in [7, 11) is -1.44. The van der Waals surface area contributed by atoms with E-state index < -0.39 is 21.8 Å². The molecule has 1 aromatic rings. The topological polar surface area (TPSA) is 57.6 Å². The zero-order valence-electron chi connectivity index (χ0n) is 10.7. The van der Waals surface area contributed by atoms with Crippen LogP contribution in [0.2, 0.25) is 0 Å². The average Bonchev–Trinajstić information content (AvgIpc) is 2.24. The largest absolute Gasteiger partial charge is 0.389 e. The highest BCUT2D eigenvalue weighted by Gasteiger charge is 2.12. The molecule has 4 nitrogen and oxygen atoms in total. The van der Waals surface area contributed by atoms with Crippen molar-refractivity contribution in [3.63, 3.8) is 0 Å². The zero-order valence-corrected chi connectivity index (χ0v) is 11.5. The van der Waals surface area contributed by atoms with Crippen molar-refractivity contribution in [2.24, 2.45) is 0 Å². The summed E-state index contributed by atoms with van der Waals surface area (Å²) in [6.07, 6.45) is 0.420. The van der Waals surface area contributed by atoms with Gasteiger partial charge in [-0.1, -0.05) is 6.07 Å². The summed E-state index contributed by atoms with van der Waals surface area (Å²) in [5.74, 6) is -0.495. The molecule has 1 rings (SSSR count). The molecule has 0 aliphatic carbocycles. The lowest BCUT2D eigenvalue weighted by Crippen LogP contribution is -2.25. The van der Waals surface area contributed by atoms with Gasteiger partial charge in [-0.2, -0.15) is 0 Å². The van der Waals surface area contributed by atoms with E-state index in [0.29, 0.717) is 11.3 Å². The van der Waals surface area contributed by atoms with Crippen molar-refractivity contribution in [2.75, 3.05) is 30.5 Å². The molecule has 0 saturated heterocycles. The van der Waals surface area contributed by atoms with E-state index in [1.165, 1.54) is 6.07 Å². The number of hydrogen-bond acceptors (Lipinski definition) is 4. The normalized spacial score (nSPS) is 13.4. The molecule has 0 saturated carbocycles. The SMILES string of the molecule is C[C@@H](O)c1ccc(N(C)CCS(C)(=O)=O)c(F)c1. The van der Waals surface area contributed by atoms with Crippen LogP contribution in [0.1, 0.15) is 18.6 Å². The molecule has 6 heteroatoms. The predicted octanol–water partition coefficient (Wildman–Crippen LogP) is 1.36. The first-order chi connectivity index (χ1) is 8.20. The van der Waals surface area contributed by atoms with Crippen LogP contribution in [-0.2, 0) is 9.84 Å². The van der Waals surface area contributed by atoms with Gasteiger partial charge in [-0.3, -0.25) is 0 Å². The van der Waals surface area contributed by atoms with Gasteiger partial charge >= 0.3 is 0 Å². The number of rotatable bonds is 5. The van der Waals surface area contributed by atoms with E-state index >= 15 is 0 Å². The maximum atomic E-state index is 13.8. The Balaban J connectivity index is 2.84. The van der Waals surface area contributed by atoms with Crippen LogP contribution < -0.4 is 4.90 Å². The van der Waals surface area contributed by atoms with Gasteiger partial charge in [0.25, 0.3) is 0 Å². The van der Waals surface area contributed by atoms with Crippen LogP contribution >= 0.6 is 0 Å². The number of nitrogens with zero attached hydrogens (tertiary/aromatic N) is 1. The summed E-state index contributed by atoms with van der Waals surface area (Å²) < 4.78 is 35.9. The number of aliphatic hydroxyl groups is 1. The first-order valence-electron chi connectivity index (χ1n) is 5.57. The second-order valence-electron chi connectivity index (χ2n) is 4.44. The quantitative estimate of drug-likeness (QED) is 0.881. The minimum Gasteiger partial charge on any atom is -0.389 e. The molecular formula is C12H18FNO3S. The van der Waals surface area contributed by atoms with Crippen molar-refractivity contribution in [1.82, 2.24) is 0 Å². The number of benzene rings is 1. The Morgan fingerprint density at radius 2 is 2.06 bits per heavy atom. The van der Waals surface area contributed by atoms with E-state index in [2.05, 4.69) is 0 Å². The van der Waals surface area contributed by atoms with Gasteiger partial charge in [0.15, 0.2) is 0 Å². The van der Waals surface area contributed by atoms with Crippen molar-refractivity contribution in [1.29, 1.82) is 0 Å². The molecule has 0 bridgehead atoms. The highest BCUT2D eigenvalue weighted by molar-refractivity contribution is 7.90. The summed E-state index contributed by atoms with van der Waals surface area (Å²) >= 11 is 0. The molecule has 1 atom stereocenters. The van der Waals surface area contributed by atoms with Gasteiger partial charge in [0.2, 0.25) is 0 Å². The first-order valence-corrected chi connectivity index (χ1v) is 7.63. The molecule has 0 aromatic heterocycles. The summed E-state index contributed by atoms with van der Waals surface area (Å²) in [5.41, 5.74) is 0.816. The van der Waals surface area contributed by atoms with Gasteiger partial charge < -0.3 is 10.0 Å². The lowest BCUT2D eigenvalue weighted by Gasteiger charge is -2.20. The Morgan fingerprint density at radius 1 is 1.44 bits per heavy atom. The average molecular weight is 275 g/mol. The molecule has 18 heavy (non-hydrogen) atoms. The molecule has 0 aliphatic heterocycles. The lowest BCUT2D eigenvalue weighted by atomic mass is 10.1. The molecule has 0 spiro atoms. The van der Waals surface area contributed by atoms with E-state index in [4.69, 9.17) is 0 Å². The molecule has 102 valence electrons. The molecular weight excluding hydrogens is 257 g/mol. The Hall–Kier alpha value is -1.14. The van der Waals surface area contributed by atoms with Crippen molar-refractivity contribution < 1.29 is 17.9 Å². The smallest absolute Gasteiger partial charge is 0.149 e. The third-order valence-electron chi connectivity index (χ3n) is 2.66. The molecule has 0 aliphatic rings. The van der Waals surface area contributed by atoms with Crippen LogP contribution in [0.3, 0.4) is 0 Å². The van der Waals surface area contributed by atoms with Gasteiger partial charge in [0, 0.05) is 19.8 Å². The van der Waals surface area contributed by atoms with Crippen LogP contribution in [0.4, 0.5) is 10.1 Å². The predicted molar refractivity (Wildman–Crippen MR) is 70.0 cm³/mol. The molecule has 0 heterocycles. The Morgan fingerprint density at radius 3 is 2.50 bits per heavy atom. The van der Waals surface area contributed by atoms with Gasteiger partial charge in [-0.15, -0.1) is 0 Å². The Bertz CT molecular complexity index is 514. The second-order valence-corrected chi connectivity index (χ2v) is 6.70. The summed E-state index contributed by atoms with van der Waals surface area (Å²) in [6.45, 7) is 1.78. The standard InChI is InChI=1S/C12H18FNO3S/c1-9(15)10-4-5-12(11(13)8-10)14(2)6-7-18(3,16)17/h4-5,8-9,15H,6-7H2,1-3H3/t9-/m1/s1. The lowest BCUT2D eigenvalue weighted by molar-refractivity contribution is 0.199. The molecule has 1 aromatic carbocycles. The van der Waals surface area contributed by atoms with Crippen LogP contribution in [0, 0.1) is 5.82 Å². The third kappa shape index (κ3) is 4.27. The minimum absolute atomic E-state index is 0.0267. The number of sulfone groups is 1. The first kappa shape index (κ1) is 14.9. The molecule has 0 fully saturated rings. The van der Waals surface area contributed by atoms with Crippen molar-refractivity contribution in [3.8, 4) is 0 Å². The third-order valence-corrected chi connectivity index (χ3v) is 3.59. The van der Waals surface area contributed by atoms with Gasteiger partial charge in [-0.25, -0.2) is 12.8 Å². The van der Waals surface area contributed by atoms with E-state index in [0.717, 1.165) is 6.26 Å². The maximum absolute atomic E-state index is 13.8. The summed E-state index contributed by atoms with van der Waals surface area (Å²) in [5, 5.41) is 9.33. The van der Waals surface area contributed by atoms with Crippen molar-refractivity contribution in [2.45, 2.75) is 13.0 Å². The summed E-state index contributed by atoms with van der Waals surface area (Å²) in [6, 6.07) is 4.43. The summed E-state index contributed by atoms with van der Waals surface area (Å²) in [4.78, 5) is 1.54. The maximum Gasteiger partial charge on any atom is 0.149 e. The zero-order chi connectivity index (χ0) is 13.9. The van der Waals surface area contributed by atoms with Gasteiger partial charge in [0.1, 0.15) is 15.7 Å². The van der Waals surface area contributed by atoms with Gasteiger partial charge in [-0.05, 0) is 24.6 Å². The Kier molecular flexibility index (Phi) is 4.70. The van der Waals surface area contributed by atoms with E-state index in [-0.39, 0.29) is 12.3 Å². The highest BCUT2D eigenvalue weighted by Crippen LogP contribution is 2.22. The Labute approximate surface area is 107 Å². The van der Waals surface area contributed by atoms with E-state index in [1.807, 2.05) is 0 Å². The van der Waals surface area contributed by atoms with Crippen LogP contribution in [0.5, 0.6) is 0 Å². The highest BCUT2D eigenvalue weighted by atomic mass is 32.2. The van der Waals surface area contributed by atoms with Crippen molar-refractivity contribution >= 4 is 15.5 Å². The molecule has 0 amide bonds. The number of hydrogen-bond donors (Lipinski definition) is 1. The number of halogens is 1. The van der Waals surface area contributed by atoms with Gasteiger partial charge in [0.05, 0.1) is 17.5 Å². The monoisotopic (exact) mass is 275 g/mol. The number of anilines is 1. The van der Waals surface area contributed by atoms with Crippen molar-refractivity contribution in [3.05, 3.63) is 29.6 Å². The minimum atomic E-state index is -3.07. The molecule has 0 unspecified atom stereocenters. The fraction of sp³-hybridized carbons (Fsp3) is 0.500. The van der Waals surface area contributed by atoms with E-state index in [9.17, 15) is 17.9 Å².